The van der Waals surface area contributed by atoms with Gasteiger partial charge in [0.05, 0.1) is 12.7 Å². The number of carbonyl (C=O) groups excluding carboxylic acids is 1. The van der Waals surface area contributed by atoms with Gasteiger partial charge in [0.2, 0.25) is 5.91 Å². The van der Waals surface area contributed by atoms with Crippen molar-refractivity contribution in [3.05, 3.63) is 0 Å². The van der Waals surface area contributed by atoms with Gasteiger partial charge >= 0.3 is 0 Å². The molecule has 0 spiro atoms. The van der Waals surface area contributed by atoms with Gasteiger partial charge in [-0.3, -0.25) is 9.79 Å². The van der Waals surface area contributed by atoms with Crippen LogP contribution in [0.15, 0.2) is 4.99 Å². The smallest absolute Gasteiger partial charge is 0.222 e. The van der Waals surface area contributed by atoms with Gasteiger partial charge in [-0.15, -0.1) is 24.0 Å². The number of likely N-dealkylation sites (tertiary alicyclic amines) is 1. The first-order chi connectivity index (χ1) is 9.06. The van der Waals surface area contributed by atoms with Gasteiger partial charge in [-0.05, 0) is 19.3 Å². The van der Waals surface area contributed by atoms with Crippen LogP contribution in [0.5, 0.6) is 0 Å². The molecule has 6 nitrogen and oxygen atoms in total. The standard InChI is InChI=1S/C13H24N4O2.HI/c1-10-9-17(5-6-19-10)13(14)15-8-11-3-4-16(2)12(18)7-11;/h10-11H,3-9H2,1-2H3,(H2,14,15);1H. The normalized spacial score (nSPS) is 28.3. The zero-order chi connectivity index (χ0) is 13.8. The average molecular weight is 396 g/mol. The van der Waals surface area contributed by atoms with E-state index in [4.69, 9.17) is 10.5 Å². The second-order valence-corrected chi connectivity index (χ2v) is 5.50. The number of nitrogens with zero attached hydrogens (tertiary/aromatic N) is 3. The lowest BCUT2D eigenvalue weighted by atomic mass is 9.97. The van der Waals surface area contributed by atoms with Gasteiger partial charge in [0.15, 0.2) is 5.96 Å². The zero-order valence-corrected chi connectivity index (χ0v) is 14.6. The average Bonchev–Trinajstić information content (AvgIpc) is 2.40. The molecule has 20 heavy (non-hydrogen) atoms. The molecule has 2 saturated heterocycles. The molecule has 2 atom stereocenters. The fourth-order valence-corrected chi connectivity index (χ4v) is 2.51. The van der Waals surface area contributed by atoms with Crippen molar-refractivity contribution in [2.45, 2.75) is 25.9 Å². The predicted octanol–water partition coefficient (Wildman–Crippen LogP) is 0.508. The highest BCUT2D eigenvalue weighted by Crippen LogP contribution is 2.17. The lowest BCUT2D eigenvalue weighted by Gasteiger charge is -2.32. The molecule has 0 aromatic carbocycles. The lowest BCUT2D eigenvalue weighted by molar-refractivity contribution is -0.133. The van der Waals surface area contributed by atoms with Gasteiger partial charge in [-0.2, -0.15) is 0 Å². The van der Waals surface area contributed by atoms with Crippen LogP contribution in [-0.2, 0) is 9.53 Å². The molecular formula is C13H25IN4O2. The number of guanidine groups is 1. The van der Waals surface area contributed by atoms with Crippen molar-refractivity contribution < 1.29 is 9.53 Å². The molecule has 7 heteroatoms. The summed E-state index contributed by atoms with van der Waals surface area (Å²) < 4.78 is 5.48. The molecule has 2 aliphatic rings. The highest BCUT2D eigenvalue weighted by molar-refractivity contribution is 14.0. The van der Waals surface area contributed by atoms with Crippen molar-refractivity contribution in [1.82, 2.24) is 9.80 Å². The zero-order valence-electron chi connectivity index (χ0n) is 12.2. The summed E-state index contributed by atoms with van der Waals surface area (Å²) in [7, 11) is 1.85. The summed E-state index contributed by atoms with van der Waals surface area (Å²) >= 11 is 0. The van der Waals surface area contributed by atoms with E-state index in [1.54, 1.807) is 4.90 Å². The van der Waals surface area contributed by atoms with Crippen LogP contribution in [0.1, 0.15) is 19.8 Å². The predicted molar refractivity (Wildman–Crippen MR) is 89.3 cm³/mol. The van der Waals surface area contributed by atoms with Gasteiger partial charge in [0, 0.05) is 39.6 Å². The molecule has 2 fully saturated rings. The van der Waals surface area contributed by atoms with Crippen LogP contribution in [-0.4, -0.2) is 67.6 Å². The fourth-order valence-electron chi connectivity index (χ4n) is 2.51. The number of halogens is 1. The van der Waals surface area contributed by atoms with E-state index >= 15 is 0 Å². The first-order valence-corrected chi connectivity index (χ1v) is 6.96. The second-order valence-electron chi connectivity index (χ2n) is 5.50. The Morgan fingerprint density at radius 2 is 2.25 bits per heavy atom. The van der Waals surface area contributed by atoms with E-state index in [-0.39, 0.29) is 36.0 Å². The molecule has 0 saturated carbocycles. The minimum absolute atomic E-state index is 0. The maximum Gasteiger partial charge on any atom is 0.222 e. The number of hydrogen-bond acceptors (Lipinski definition) is 3. The number of carbonyl (C=O) groups is 1. The number of hydrogen-bond donors (Lipinski definition) is 1. The molecule has 0 radical (unpaired) electrons. The summed E-state index contributed by atoms with van der Waals surface area (Å²) in [6, 6.07) is 0. The molecule has 2 heterocycles. The Hall–Kier alpha value is -0.570. The topological polar surface area (TPSA) is 71.2 Å². The molecule has 2 aliphatic heterocycles. The Balaban J connectivity index is 0.00000200. The summed E-state index contributed by atoms with van der Waals surface area (Å²) in [5.74, 6) is 1.13. The lowest BCUT2D eigenvalue weighted by Crippen LogP contribution is -2.48. The Bertz CT molecular complexity index is 364. The number of aliphatic imine (C=N–C) groups is 1. The van der Waals surface area contributed by atoms with Crippen LogP contribution >= 0.6 is 24.0 Å². The minimum Gasteiger partial charge on any atom is -0.375 e. The number of morpholine rings is 1. The molecular weight excluding hydrogens is 371 g/mol. The Morgan fingerprint density at radius 1 is 1.50 bits per heavy atom. The van der Waals surface area contributed by atoms with E-state index < -0.39 is 0 Å². The maximum absolute atomic E-state index is 11.6. The van der Waals surface area contributed by atoms with E-state index in [2.05, 4.69) is 9.89 Å². The molecule has 0 aromatic rings. The molecule has 0 aliphatic carbocycles. The third-order valence-electron chi connectivity index (χ3n) is 3.84. The number of piperidine rings is 1. The van der Waals surface area contributed by atoms with E-state index in [1.807, 2.05) is 14.0 Å². The van der Waals surface area contributed by atoms with E-state index in [0.29, 0.717) is 31.4 Å². The monoisotopic (exact) mass is 396 g/mol. The third-order valence-corrected chi connectivity index (χ3v) is 3.84. The van der Waals surface area contributed by atoms with Gasteiger partial charge in [0.25, 0.3) is 0 Å². The highest BCUT2D eigenvalue weighted by atomic mass is 127. The number of ether oxygens (including phenoxy) is 1. The summed E-state index contributed by atoms with van der Waals surface area (Å²) in [6.07, 6.45) is 1.80. The van der Waals surface area contributed by atoms with E-state index in [1.165, 1.54) is 0 Å². The van der Waals surface area contributed by atoms with E-state index in [0.717, 1.165) is 26.1 Å². The van der Waals surface area contributed by atoms with Crippen molar-refractivity contribution in [3.63, 3.8) is 0 Å². The van der Waals surface area contributed by atoms with Crippen LogP contribution in [0.3, 0.4) is 0 Å². The Morgan fingerprint density at radius 3 is 2.90 bits per heavy atom. The molecule has 2 unspecified atom stereocenters. The first-order valence-electron chi connectivity index (χ1n) is 6.96. The molecule has 0 bridgehead atoms. The maximum atomic E-state index is 11.6. The van der Waals surface area contributed by atoms with Gasteiger partial charge < -0.3 is 20.3 Å². The van der Waals surface area contributed by atoms with Crippen LogP contribution in [0, 0.1) is 5.92 Å². The largest absolute Gasteiger partial charge is 0.375 e. The fraction of sp³-hybridized carbons (Fsp3) is 0.846. The summed E-state index contributed by atoms with van der Waals surface area (Å²) in [4.78, 5) is 19.9. The second kappa shape index (κ2) is 8.02. The van der Waals surface area contributed by atoms with Crippen molar-refractivity contribution in [2.24, 2.45) is 16.6 Å². The summed E-state index contributed by atoms with van der Waals surface area (Å²) in [6.45, 7) is 5.80. The molecule has 1 amide bonds. The van der Waals surface area contributed by atoms with Gasteiger partial charge in [-0.1, -0.05) is 0 Å². The van der Waals surface area contributed by atoms with Crippen molar-refractivity contribution in [3.8, 4) is 0 Å². The van der Waals surface area contributed by atoms with E-state index in [9.17, 15) is 4.79 Å². The van der Waals surface area contributed by atoms with Crippen LogP contribution in [0.25, 0.3) is 0 Å². The number of rotatable bonds is 2. The third kappa shape index (κ3) is 4.76. The first kappa shape index (κ1) is 17.5. The SMILES string of the molecule is CC1CN(C(N)=NCC2CCN(C)C(=O)C2)CCO1.I. The highest BCUT2D eigenvalue weighted by Gasteiger charge is 2.23. The molecule has 116 valence electrons. The summed E-state index contributed by atoms with van der Waals surface area (Å²) in [5.41, 5.74) is 6.01. The van der Waals surface area contributed by atoms with Gasteiger partial charge in [-0.25, -0.2) is 0 Å². The molecule has 2 rings (SSSR count). The summed E-state index contributed by atoms with van der Waals surface area (Å²) in [5, 5.41) is 0. The van der Waals surface area contributed by atoms with Crippen molar-refractivity contribution in [2.75, 3.05) is 39.8 Å². The molecule has 2 N–H and O–H groups in total. The number of nitrogens with two attached hydrogens (primary N) is 1. The van der Waals surface area contributed by atoms with Crippen molar-refractivity contribution >= 4 is 35.8 Å². The van der Waals surface area contributed by atoms with Gasteiger partial charge in [0.1, 0.15) is 0 Å². The molecule has 0 aromatic heterocycles. The number of amides is 1. The Labute approximate surface area is 137 Å². The quantitative estimate of drug-likeness (QED) is 0.420. The van der Waals surface area contributed by atoms with Crippen LogP contribution in [0.2, 0.25) is 0 Å². The minimum atomic E-state index is 0. The van der Waals surface area contributed by atoms with Crippen molar-refractivity contribution in [1.29, 1.82) is 0 Å². The van der Waals surface area contributed by atoms with Crippen LogP contribution in [0.4, 0.5) is 0 Å². The Kier molecular flexibility index (Phi) is 7.01. The van der Waals surface area contributed by atoms with Crippen LogP contribution < -0.4 is 5.73 Å².